The quantitative estimate of drug-likeness (QED) is 0.827. The van der Waals surface area contributed by atoms with Gasteiger partial charge in [-0.2, -0.15) is 0 Å². The largest absolute Gasteiger partial charge is 0.496 e. The lowest BCUT2D eigenvalue weighted by Gasteiger charge is -2.22. The summed E-state index contributed by atoms with van der Waals surface area (Å²) in [5.41, 5.74) is 0.826. The molecule has 0 radical (unpaired) electrons. The molecule has 2 N–H and O–H groups in total. The van der Waals surface area contributed by atoms with E-state index in [2.05, 4.69) is 5.32 Å². The van der Waals surface area contributed by atoms with Crippen LogP contribution >= 0.6 is 0 Å². The van der Waals surface area contributed by atoms with Crippen LogP contribution in [0, 0.1) is 0 Å². The second-order valence-electron chi connectivity index (χ2n) is 4.60. The Bertz CT molecular complexity index is 394. The average Bonchev–Trinajstić information content (AvgIpc) is 2.15. The van der Waals surface area contributed by atoms with Crippen molar-refractivity contribution in [2.24, 2.45) is 0 Å². The van der Waals surface area contributed by atoms with Crippen molar-refractivity contribution >= 4 is 11.7 Å². The van der Waals surface area contributed by atoms with Gasteiger partial charge in [-0.25, -0.2) is 4.79 Å². The molecule has 4 heteroatoms. The number of anilines is 1. The predicted octanol–water partition coefficient (Wildman–Crippen LogP) is 2.60. The van der Waals surface area contributed by atoms with Crippen molar-refractivity contribution in [3.05, 3.63) is 23.8 Å². The highest BCUT2D eigenvalue weighted by Crippen LogP contribution is 2.24. The van der Waals surface area contributed by atoms with E-state index in [1.54, 1.807) is 18.2 Å². The number of carboxylic acid groups (broad SMARTS) is 1. The van der Waals surface area contributed by atoms with Gasteiger partial charge in [-0.05, 0) is 39.0 Å². The van der Waals surface area contributed by atoms with Crippen LogP contribution in [0.1, 0.15) is 31.1 Å². The van der Waals surface area contributed by atoms with Gasteiger partial charge >= 0.3 is 5.97 Å². The zero-order valence-electron chi connectivity index (χ0n) is 10.00. The lowest BCUT2D eigenvalue weighted by Crippen LogP contribution is -2.26. The minimum absolute atomic E-state index is 0.107. The molecule has 0 saturated carbocycles. The number of benzene rings is 1. The second kappa shape index (κ2) is 4.43. The second-order valence-corrected chi connectivity index (χ2v) is 4.60. The summed E-state index contributed by atoms with van der Waals surface area (Å²) in [7, 11) is 1.46. The van der Waals surface area contributed by atoms with Crippen LogP contribution in [-0.4, -0.2) is 23.7 Å². The predicted molar refractivity (Wildman–Crippen MR) is 63.3 cm³/mol. The summed E-state index contributed by atoms with van der Waals surface area (Å²) in [4.78, 5) is 11.0. The summed E-state index contributed by atoms with van der Waals surface area (Å²) in [6, 6.07) is 5.03. The Kier molecular flexibility index (Phi) is 3.42. The molecule has 4 nitrogen and oxygen atoms in total. The molecule has 0 bridgehead atoms. The molecular formula is C12H17NO3. The number of carboxylic acids is 1. The molecule has 0 amide bonds. The highest BCUT2D eigenvalue weighted by Gasteiger charge is 2.14. The first-order valence-electron chi connectivity index (χ1n) is 5.03. The minimum atomic E-state index is -0.991. The molecule has 0 atom stereocenters. The number of nitrogens with one attached hydrogen (secondary N) is 1. The van der Waals surface area contributed by atoms with Gasteiger partial charge in [0, 0.05) is 11.2 Å². The van der Waals surface area contributed by atoms with Gasteiger partial charge < -0.3 is 15.2 Å². The van der Waals surface area contributed by atoms with Gasteiger partial charge in [0.25, 0.3) is 0 Å². The van der Waals surface area contributed by atoms with Gasteiger partial charge in [-0.3, -0.25) is 0 Å². The van der Waals surface area contributed by atoms with Crippen LogP contribution in [0.3, 0.4) is 0 Å². The monoisotopic (exact) mass is 223 g/mol. The fourth-order valence-electron chi connectivity index (χ4n) is 1.39. The van der Waals surface area contributed by atoms with Crippen LogP contribution in [-0.2, 0) is 0 Å². The molecule has 0 fully saturated rings. The molecule has 0 aromatic heterocycles. The van der Waals surface area contributed by atoms with Crippen molar-refractivity contribution in [3.8, 4) is 5.75 Å². The molecule has 1 aromatic rings. The van der Waals surface area contributed by atoms with Crippen molar-refractivity contribution in [1.82, 2.24) is 0 Å². The maximum absolute atomic E-state index is 11.0. The topological polar surface area (TPSA) is 58.6 Å². The molecule has 0 saturated heterocycles. The standard InChI is InChI=1S/C12H17NO3/c1-12(2,3)13-8-5-6-10(16-4)9(7-8)11(14)15/h5-7,13H,1-4H3,(H,14,15). The van der Waals surface area contributed by atoms with Crippen molar-refractivity contribution in [2.75, 3.05) is 12.4 Å². The Hall–Kier alpha value is -1.71. The van der Waals surface area contributed by atoms with Crippen LogP contribution in [0.15, 0.2) is 18.2 Å². The number of rotatable bonds is 3. The Morgan fingerprint density at radius 3 is 2.44 bits per heavy atom. The van der Waals surface area contributed by atoms with E-state index in [-0.39, 0.29) is 11.1 Å². The molecule has 0 heterocycles. The van der Waals surface area contributed by atoms with E-state index in [0.717, 1.165) is 5.69 Å². The molecule has 0 aliphatic heterocycles. The van der Waals surface area contributed by atoms with Crippen molar-refractivity contribution < 1.29 is 14.6 Å². The van der Waals surface area contributed by atoms with E-state index in [0.29, 0.717) is 5.75 Å². The van der Waals surface area contributed by atoms with E-state index in [1.807, 2.05) is 20.8 Å². The third-order valence-corrected chi connectivity index (χ3v) is 1.95. The molecule has 1 aromatic carbocycles. The average molecular weight is 223 g/mol. The van der Waals surface area contributed by atoms with E-state index in [4.69, 9.17) is 9.84 Å². The fourth-order valence-corrected chi connectivity index (χ4v) is 1.39. The van der Waals surface area contributed by atoms with Crippen LogP contribution < -0.4 is 10.1 Å². The highest BCUT2D eigenvalue weighted by atomic mass is 16.5. The molecule has 0 aliphatic carbocycles. The van der Waals surface area contributed by atoms with Crippen LogP contribution in [0.2, 0.25) is 0 Å². The van der Waals surface area contributed by atoms with Gasteiger partial charge in [0.05, 0.1) is 7.11 Å². The van der Waals surface area contributed by atoms with E-state index in [1.165, 1.54) is 7.11 Å². The van der Waals surface area contributed by atoms with Crippen molar-refractivity contribution in [2.45, 2.75) is 26.3 Å². The smallest absolute Gasteiger partial charge is 0.339 e. The lowest BCUT2D eigenvalue weighted by atomic mass is 10.1. The molecule has 16 heavy (non-hydrogen) atoms. The normalized spacial score (nSPS) is 11.0. The number of methoxy groups -OCH3 is 1. The molecule has 0 aliphatic rings. The Balaban J connectivity index is 3.07. The lowest BCUT2D eigenvalue weighted by molar-refractivity contribution is 0.0693. The number of ether oxygens (including phenoxy) is 1. The Morgan fingerprint density at radius 2 is 2.00 bits per heavy atom. The first-order chi connectivity index (χ1) is 7.33. The molecule has 88 valence electrons. The summed E-state index contributed by atoms with van der Waals surface area (Å²) in [6.07, 6.45) is 0. The van der Waals surface area contributed by atoms with Crippen LogP contribution in [0.5, 0.6) is 5.75 Å². The van der Waals surface area contributed by atoms with E-state index < -0.39 is 5.97 Å². The minimum Gasteiger partial charge on any atom is -0.496 e. The van der Waals surface area contributed by atoms with Crippen LogP contribution in [0.25, 0.3) is 0 Å². The third kappa shape index (κ3) is 3.15. The summed E-state index contributed by atoms with van der Waals surface area (Å²) in [5, 5.41) is 12.2. The zero-order valence-corrected chi connectivity index (χ0v) is 10.00. The third-order valence-electron chi connectivity index (χ3n) is 1.95. The van der Waals surface area contributed by atoms with Crippen LogP contribution in [0.4, 0.5) is 5.69 Å². The van der Waals surface area contributed by atoms with Crippen molar-refractivity contribution in [1.29, 1.82) is 0 Å². The zero-order chi connectivity index (χ0) is 12.3. The summed E-state index contributed by atoms with van der Waals surface area (Å²) in [5.74, 6) is -0.624. The number of carbonyl (C=O) groups is 1. The summed E-state index contributed by atoms with van der Waals surface area (Å²) in [6.45, 7) is 6.03. The summed E-state index contributed by atoms with van der Waals surface area (Å²) < 4.78 is 4.98. The van der Waals surface area contributed by atoms with Gasteiger partial charge in [0.2, 0.25) is 0 Å². The van der Waals surface area contributed by atoms with Gasteiger partial charge in [-0.1, -0.05) is 0 Å². The fraction of sp³-hybridized carbons (Fsp3) is 0.417. The molecule has 0 spiro atoms. The number of hydrogen-bond acceptors (Lipinski definition) is 3. The SMILES string of the molecule is COc1ccc(NC(C)(C)C)cc1C(=O)O. The Morgan fingerprint density at radius 1 is 1.38 bits per heavy atom. The number of aromatic carboxylic acids is 1. The van der Waals surface area contributed by atoms with E-state index >= 15 is 0 Å². The van der Waals surface area contributed by atoms with Gasteiger partial charge in [0.15, 0.2) is 0 Å². The molecule has 1 rings (SSSR count). The first-order valence-corrected chi connectivity index (χ1v) is 5.03. The van der Waals surface area contributed by atoms with Gasteiger partial charge in [0.1, 0.15) is 11.3 Å². The molecule has 0 unspecified atom stereocenters. The molecular weight excluding hydrogens is 206 g/mol. The Labute approximate surface area is 95.2 Å². The summed E-state index contributed by atoms with van der Waals surface area (Å²) >= 11 is 0. The maximum Gasteiger partial charge on any atom is 0.339 e. The van der Waals surface area contributed by atoms with Gasteiger partial charge in [-0.15, -0.1) is 0 Å². The van der Waals surface area contributed by atoms with E-state index in [9.17, 15) is 4.79 Å². The first kappa shape index (κ1) is 12.4. The maximum atomic E-state index is 11.0. The number of hydrogen-bond donors (Lipinski definition) is 2. The highest BCUT2D eigenvalue weighted by molar-refractivity contribution is 5.92. The van der Waals surface area contributed by atoms with Crippen molar-refractivity contribution in [3.63, 3.8) is 0 Å².